The normalized spacial score (nSPS) is 14.8. The summed E-state index contributed by atoms with van der Waals surface area (Å²) >= 11 is 12.1. The second-order valence-electron chi connectivity index (χ2n) is 5.80. The number of hydrogen-bond donors (Lipinski definition) is 0. The van der Waals surface area contributed by atoms with Crippen LogP contribution in [0.2, 0.25) is 10.0 Å². The average molecular weight is 375 g/mol. The van der Waals surface area contributed by atoms with Gasteiger partial charge in [0.25, 0.3) is 0 Å². The zero-order valence-electron chi connectivity index (χ0n) is 13.4. The van der Waals surface area contributed by atoms with Gasteiger partial charge in [-0.15, -0.1) is 0 Å². The second kappa shape index (κ2) is 6.90. The van der Waals surface area contributed by atoms with Crippen LogP contribution in [-0.4, -0.2) is 46.4 Å². The molecule has 0 unspecified atom stereocenters. The van der Waals surface area contributed by atoms with Crippen LogP contribution in [-0.2, 0) is 0 Å². The molecule has 128 valence electrons. The quantitative estimate of drug-likeness (QED) is 0.703. The van der Waals surface area contributed by atoms with Crippen molar-refractivity contribution in [2.24, 2.45) is 0 Å². The van der Waals surface area contributed by atoms with Gasteiger partial charge in [-0.3, -0.25) is 0 Å². The van der Waals surface area contributed by atoms with Gasteiger partial charge < -0.3 is 9.80 Å². The summed E-state index contributed by atoms with van der Waals surface area (Å²) in [6.45, 7) is 3.38. The van der Waals surface area contributed by atoms with Crippen LogP contribution >= 0.6 is 23.2 Å². The first-order valence-electron chi connectivity index (χ1n) is 8.01. The SMILES string of the molecule is Clc1ccc(N2CCN(c3nnnn3-c3ccccc3)CC2)cc1Cl. The Morgan fingerprint density at radius 2 is 1.48 bits per heavy atom. The Morgan fingerprint density at radius 3 is 2.20 bits per heavy atom. The van der Waals surface area contributed by atoms with Crippen LogP contribution < -0.4 is 9.80 Å². The summed E-state index contributed by atoms with van der Waals surface area (Å²) in [5.74, 6) is 0.764. The van der Waals surface area contributed by atoms with E-state index < -0.39 is 0 Å². The lowest BCUT2D eigenvalue weighted by atomic mass is 10.2. The van der Waals surface area contributed by atoms with Crippen LogP contribution in [0.4, 0.5) is 11.6 Å². The molecule has 1 aromatic heterocycles. The van der Waals surface area contributed by atoms with Crippen molar-refractivity contribution in [3.63, 3.8) is 0 Å². The van der Waals surface area contributed by atoms with Crippen LogP contribution in [0.3, 0.4) is 0 Å². The van der Waals surface area contributed by atoms with Crippen molar-refractivity contribution < 1.29 is 0 Å². The fraction of sp³-hybridized carbons (Fsp3) is 0.235. The molecular formula is C17H16Cl2N6. The van der Waals surface area contributed by atoms with Crippen molar-refractivity contribution in [1.29, 1.82) is 0 Å². The largest absolute Gasteiger partial charge is 0.368 e. The first kappa shape index (κ1) is 16.2. The van der Waals surface area contributed by atoms with Crippen LogP contribution in [0.1, 0.15) is 0 Å². The highest BCUT2D eigenvalue weighted by atomic mass is 35.5. The molecule has 25 heavy (non-hydrogen) atoms. The molecule has 0 N–H and O–H groups in total. The number of aromatic nitrogens is 4. The maximum atomic E-state index is 6.13. The highest BCUT2D eigenvalue weighted by Gasteiger charge is 2.22. The molecule has 0 radical (unpaired) electrons. The zero-order valence-corrected chi connectivity index (χ0v) is 14.9. The average Bonchev–Trinajstić information content (AvgIpc) is 3.15. The van der Waals surface area contributed by atoms with E-state index in [-0.39, 0.29) is 0 Å². The number of rotatable bonds is 3. The van der Waals surface area contributed by atoms with Crippen molar-refractivity contribution in [2.45, 2.75) is 0 Å². The topological polar surface area (TPSA) is 50.1 Å². The number of anilines is 2. The van der Waals surface area contributed by atoms with E-state index in [1.165, 1.54) is 0 Å². The van der Waals surface area contributed by atoms with Crippen molar-refractivity contribution in [2.75, 3.05) is 36.0 Å². The minimum Gasteiger partial charge on any atom is -0.368 e. The lowest BCUT2D eigenvalue weighted by Crippen LogP contribution is -2.47. The maximum Gasteiger partial charge on any atom is 0.250 e. The predicted octanol–water partition coefficient (Wildman–Crippen LogP) is 3.30. The van der Waals surface area contributed by atoms with Crippen LogP contribution in [0, 0.1) is 0 Å². The third-order valence-electron chi connectivity index (χ3n) is 4.28. The third kappa shape index (κ3) is 3.27. The molecule has 6 nitrogen and oxygen atoms in total. The Bertz CT molecular complexity index is 859. The molecule has 3 aromatic rings. The number of benzene rings is 2. The summed E-state index contributed by atoms with van der Waals surface area (Å²) in [5, 5.41) is 13.3. The van der Waals surface area contributed by atoms with E-state index in [4.69, 9.17) is 23.2 Å². The van der Waals surface area contributed by atoms with E-state index in [0.29, 0.717) is 10.0 Å². The molecule has 2 heterocycles. The van der Waals surface area contributed by atoms with E-state index in [0.717, 1.165) is 43.5 Å². The van der Waals surface area contributed by atoms with Crippen LogP contribution in [0.25, 0.3) is 5.69 Å². The van der Waals surface area contributed by atoms with E-state index in [1.54, 1.807) is 4.68 Å². The second-order valence-corrected chi connectivity index (χ2v) is 6.61. The smallest absolute Gasteiger partial charge is 0.250 e. The molecule has 0 saturated carbocycles. The number of tetrazole rings is 1. The predicted molar refractivity (Wildman–Crippen MR) is 100 cm³/mol. The summed E-state index contributed by atoms with van der Waals surface area (Å²) in [7, 11) is 0. The number of para-hydroxylation sites is 1. The Morgan fingerprint density at radius 1 is 0.760 bits per heavy atom. The van der Waals surface area contributed by atoms with Crippen molar-refractivity contribution in [3.8, 4) is 5.69 Å². The van der Waals surface area contributed by atoms with Gasteiger partial charge in [0.15, 0.2) is 0 Å². The molecule has 0 bridgehead atoms. The van der Waals surface area contributed by atoms with Crippen molar-refractivity contribution in [1.82, 2.24) is 20.2 Å². The summed E-state index contributed by atoms with van der Waals surface area (Å²) < 4.78 is 1.77. The Hall–Kier alpha value is -2.31. The van der Waals surface area contributed by atoms with Gasteiger partial charge in [-0.2, -0.15) is 4.68 Å². The van der Waals surface area contributed by atoms with Gasteiger partial charge in [0.2, 0.25) is 5.95 Å². The number of piperazine rings is 1. The molecule has 0 amide bonds. The van der Waals surface area contributed by atoms with Gasteiger partial charge in [-0.1, -0.05) is 46.5 Å². The van der Waals surface area contributed by atoms with Crippen LogP contribution in [0.15, 0.2) is 48.5 Å². The van der Waals surface area contributed by atoms with Crippen LogP contribution in [0.5, 0.6) is 0 Å². The minimum absolute atomic E-state index is 0.575. The highest BCUT2D eigenvalue weighted by Crippen LogP contribution is 2.28. The molecule has 1 aliphatic rings. The molecule has 1 saturated heterocycles. The lowest BCUT2D eigenvalue weighted by Gasteiger charge is -2.36. The van der Waals surface area contributed by atoms with Crippen molar-refractivity contribution >= 4 is 34.8 Å². The molecule has 4 rings (SSSR count). The molecular weight excluding hydrogens is 359 g/mol. The first-order valence-corrected chi connectivity index (χ1v) is 8.77. The van der Waals surface area contributed by atoms with Gasteiger partial charge >= 0.3 is 0 Å². The summed E-state index contributed by atoms with van der Waals surface area (Å²) in [5.41, 5.74) is 2.03. The molecule has 0 aliphatic carbocycles. The first-order chi connectivity index (χ1) is 12.2. The van der Waals surface area contributed by atoms with Gasteiger partial charge in [0.05, 0.1) is 15.7 Å². The number of nitrogens with zero attached hydrogens (tertiary/aromatic N) is 6. The molecule has 8 heteroatoms. The maximum absolute atomic E-state index is 6.13. The lowest BCUT2D eigenvalue weighted by molar-refractivity contribution is 0.631. The fourth-order valence-electron chi connectivity index (χ4n) is 2.96. The Labute approximate surface area is 155 Å². The monoisotopic (exact) mass is 374 g/mol. The van der Waals surface area contributed by atoms with Gasteiger partial charge in [0.1, 0.15) is 0 Å². The molecule has 0 atom stereocenters. The van der Waals surface area contributed by atoms with E-state index in [1.807, 2.05) is 48.5 Å². The van der Waals surface area contributed by atoms with E-state index >= 15 is 0 Å². The molecule has 1 aliphatic heterocycles. The Balaban J connectivity index is 1.49. The Kier molecular flexibility index (Phi) is 4.46. The van der Waals surface area contributed by atoms with Gasteiger partial charge in [-0.05, 0) is 40.8 Å². The minimum atomic E-state index is 0.575. The highest BCUT2D eigenvalue weighted by molar-refractivity contribution is 6.42. The standard InChI is InChI=1S/C17H16Cl2N6/c18-15-7-6-14(12-16(15)19)23-8-10-24(11-9-23)17-20-21-22-25(17)13-4-2-1-3-5-13/h1-7,12H,8-11H2. The fourth-order valence-corrected chi connectivity index (χ4v) is 3.25. The summed E-state index contributed by atoms with van der Waals surface area (Å²) in [6.07, 6.45) is 0. The third-order valence-corrected chi connectivity index (χ3v) is 5.02. The molecule has 0 spiro atoms. The van der Waals surface area contributed by atoms with Crippen molar-refractivity contribution in [3.05, 3.63) is 58.6 Å². The van der Waals surface area contributed by atoms with Gasteiger partial charge in [0, 0.05) is 31.9 Å². The van der Waals surface area contributed by atoms with E-state index in [9.17, 15) is 0 Å². The number of halogens is 2. The summed E-state index contributed by atoms with van der Waals surface area (Å²) in [4.78, 5) is 4.48. The zero-order chi connectivity index (χ0) is 17.2. The number of hydrogen-bond acceptors (Lipinski definition) is 5. The molecule has 1 fully saturated rings. The van der Waals surface area contributed by atoms with E-state index in [2.05, 4.69) is 25.3 Å². The summed E-state index contributed by atoms with van der Waals surface area (Å²) in [6, 6.07) is 15.7. The molecule has 2 aromatic carbocycles. The van der Waals surface area contributed by atoms with Gasteiger partial charge in [-0.25, -0.2) is 0 Å².